The van der Waals surface area contributed by atoms with Gasteiger partial charge in [0.1, 0.15) is 11.3 Å². The third-order valence-electron chi connectivity index (χ3n) is 2.04. The van der Waals surface area contributed by atoms with Crippen molar-refractivity contribution < 1.29 is 4.42 Å². The van der Waals surface area contributed by atoms with Crippen molar-refractivity contribution in [1.82, 2.24) is 0 Å². The molecule has 62 valence electrons. The third kappa shape index (κ3) is 0.881. The summed E-state index contributed by atoms with van der Waals surface area (Å²) in [6, 6.07) is 5.85. The Morgan fingerprint density at radius 3 is 2.67 bits per heavy atom. The second kappa shape index (κ2) is 2.27. The molecule has 1 heterocycles. The predicted octanol–water partition coefficient (Wildman–Crippen LogP) is 2.63. The second-order valence-corrected chi connectivity index (χ2v) is 3.07. The van der Waals surface area contributed by atoms with E-state index >= 15 is 0 Å². The Hall–Kier alpha value is -1.44. The van der Waals surface area contributed by atoms with Gasteiger partial charge < -0.3 is 10.2 Å². The van der Waals surface area contributed by atoms with Gasteiger partial charge in [-0.05, 0) is 31.5 Å². The maximum Gasteiger partial charge on any atom is 0.139 e. The largest absolute Gasteiger partial charge is 0.461 e. The molecule has 0 fully saturated rings. The molecule has 2 N–H and O–H groups in total. The fourth-order valence-electron chi connectivity index (χ4n) is 1.40. The highest BCUT2D eigenvalue weighted by molar-refractivity contribution is 5.91. The first-order valence-corrected chi connectivity index (χ1v) is 3.93. The summed E-state index contributed by atoms with van der Waals surface area (Å²) in [5.41, 5.74) is 8.60. The van der Waals surface area contributed by atoms with Crippen molar-refractivity contribution in [3.8, 4) is 0 Å². The number of aryl methyl sites for hydroxylation is 2. The highest BCUT2D eigenvalue weighted by Gasteiger charge is 2.05. The van der Waals surface area contributed by atoms with E-state index in [1.165, 1.54) is 0 Å². The van der Waals surface area contributed by atoms with Crippen molar-refractivity contribution in [2.24, 2.45) is 0 Å². The molecular weight excluding hydrogens is 150 g/mol. The average Bonchev–Trinajstić information content (AvgIpc) is 2.41. The highest BCUT2D eigenvalue weighted by atomic mass is 16.3. The minimum Gasteiger partial charge on any atom is -0.461 e. The van der Waals surface area contributed by atoms with Gasteiger partial charge in [0.2, 0.25) is 0 Å². The van der Waals surface area contributed by atoms with Gasteiger partial charge in [0.25, 0.3) is 0 Å². The highest BCUT2D eigenvalue weighted by Crippen LogP contribution is 2.27. The molecule has 0 aliphatic heterocycles. The molecule has 0 spiro atoms. The van der Waals surface area contributed by atoms with Crippen LogP contribution in [0.15, 0.2) is 22.6 Å². The first-order chi connectivity index (χ1) is 5.68. The molecule has 2 aromatic rings. The number of nitrogens with two attached hydrogens (primary N) is 1. The van der Waals surface area contributed by atoms with Crippen molar-refractivity contribution in [2.75, 3.05) is 5.73 Å². The first kappa shape index (κ1) is 7.22. The molecule has 0 bridgehead atoms. The van der Waals surface area contributed by atoms with E-state index in [0.717, 1.165) is 28.0 Å². The molecule has 1 aromatic carbocycles. The van der Waals surface area contributed by atoms with E-state index in [-0.39, 0.29) is 0 Å². The Labute approximate surface area is 71.0 Å². The molecule has 0 aliphatic rings. The molecule has 2 heteroatoms. The molecule has 0 radical (unpaired) electrons. The molecular formula is C10H11NO. The van der Waals surface area contributed by atoms with Crippen LogP contribution in [0.1, 0.15) is 11.3 Å². The van der Waals surface area contributed by atoms with Gasteiger partial charge >= 0.3 is 0 Å². The summed E-state index contributed by atoms with van der Waals surface area (Å²) in [5.74, 6) is 0.908. The van der Waals surface area contributed by atoms with E-state index in [4.69, 9.17) is 10.2 Å². The van der Waals surface area contributed by atoms with E-state index < -0.39 is 0 Å². The standard InChI is InChI=1S/C10H11NO/c1-6-3-4-9(11)8-5-7(2)12-10(6)8/h3-5H,11H2,1-2H3. The minimum atomic E-state index is 0.785. The maximum absolute atomic E-state index is 5.78. The summed E-state index contributed by atoms with van der Waals surface area (Å²) >= 11 is 0. The number of hydrogen-bond donors (Lipinski definition) is 1. The van der Waals surface area contributed by atoms with E-state index in [0.29, 0.717) is 0 Å². The Balaban J connectivity index is 2.93. The van der Waals surface area contributed by atoms with Crippen LogP contribution in [0, 0.1) is 13.8 Å². The van der Waals surface area contributed by atoms with E-state index in [1.54, 1.807) is 0 Å². The number of hydrogen-bond acceptors (Lipinski definition) is 2. The Morgan fingerprint density at radius 2 is 2.00 bits per heavy atom. The van der Waals surface area contributed by atoms with Gasteiger partial charge in [-0.25, -0.2) is 0 Å². The van der Waals surface area contributed by atoms with Crippen LogP contribution in [0.5, 0.6) is 0 Å². The number of benzene rings is 1. The zero-order chi connectivity index (χ0) is 8.72. The van der Waals surface area contributed by atoms with Crippen molar-refractivity contribution in [3.63, 3.8) is 0 Å². The Bertz CT molecular complexity index is 390. The normalized spacial score (nSPS) is 10.8. The monoisotopic (exact) mass is 161 g/mol. The summed E-state index contributed by atoms with van der Waals surface area (Å²) < 4.78 is 5.50. The lowest BCUT2D eigenvalue weighted by Crippen LogP contribution is -1.85. The van der Waals surface area contributed by atoms with Crippen molar-refractivity contribution in [2.45, 2.75) is 13.8 Å². The maximum atomic E-state index is 5.78. The summed E-state index contributed by atoms with van der Waals surface area (Å²) in [5, 5.41) is 1.02. The zero-order valence-corrected chi connectivity index (χ0v) is 7.22. The second-order valence-electron chi connectivity index (χ2n) is 3.07. The van der Waals surface area contributed by atoms with Crippen LogP contribution in [0.25, 0.3) is 11.0 Å². The van der Waals surface area contributed by atoms with Gasteiger partial charge in [-0.15, -0.1) is 0 Å². The Morgan fingerprint density at radius 1 is 1.25 bits per heavy atom. The van der Waals surface area contributed by atoms with Crippen LogP contribution in [0.4, 0.5) is 5.69 Å². The predicted molar refractivity (Wildman–Crippen MR) is 50.1 cm³/mol. The number of anilines is 1. The van der Waals surface area contributed by atoms with Crippen LogP contribution in [0.2, 0.25) is 0 Å². The summed E-state index contributed by atoms with van der Waals surface area (Å²) in [4.78, 5) is 0. The van der Waals surface area contributed by atoms with Gasteiger partial charge in [-0.2, -0.15) is 0 Å². The van der Waals surface area contributed by atoms with Crippen LogP contribution < -0.4 is 5.73 Å². The summed E-state index contributed by atoms with van der Waals surface area (Å²) in [6.07, 6.45) is 0. The van der Waals surface area contributed by atoms with Gasteiger partial charge in [0, 0.05) is 11.1 Å². The fourth-order valence-corrected chi connectivity index (χ4v) is 1.40. The lowest BCUT2D eigenvalue weighted by molar-refractivity contribution is 0.576. The van der Waals surface area contributed by atoms with Crippen LogP contribution >= 0.6 is 0 Å². The summed E-state index contributed by atoms with van der Waals surface area (Å²) in [6.45, 7) is 3.95. The van der Waals surface area contributed by atoms with Crippen molar-refractivity contribution >= 4 is 16.7 Å². The van der Waals surface area contributed by atoms with E-state index in [2.05, 4.69) is 0 Å². The van der Waals surface area contributed by atoms with Gasteiger partial charge in [0.15, 0.2) is 0 Å². The number of fused-ring (bicyclic) bond motifs is 1. The lowest BCUT2D eigenvalue weighted by atomic mass is 10.1. The molecule has 1 aromatic heterocycles. The summed E-state index contributed by atoms with van der Waals surface area (Å²) in [7, 11) is 0. The molecule has 0 amide bonds. The number of rotatable bonds is 0. The fraction of sp³-hybridized carbons (Fsp3) is 0.200. The van der Waals surface area contributed by atoms with Gasteiger partial charge in [-0.1, -0.05) is 6.07 Å². The van der Waals surface area contributed by atoms with Crippen molar-refractivity contribution in [1.29, 1.82) is 0 Å². The van der Waals surface area contributed by atoms with Crippen LogP contribution in [-0.2, 0) is 0 Å². The SMILES string of the molecule is Cc1cc2c(N)ccc(C)c2o1. The molecule has 0 saturated heterocycles. The molecule has 0 aliphatic carbocycles. The van der Waals surface area contributed by atoms with E-state index in [1.807, 2.05) is 32.0 Å². The molecule has 12 heavy (non-hydrogen) atoms. The molecule has 0 saturated carbocycles. The first-order valence-electron chi connectivity index (χ1n) is 3.93. The molecule has 0 atom stereocenters. The molecule has 0 unspecified atom stereocenters. The quantitative estimate of drug-likeness (QED) is 0.603. The van der Waals surface area contributed by atoms with Crippen LogP contribution in [-0.4, -0.2) is 0 Å². The smallest absolute Gasteiger partial charge is 0.139 e. The van der Waals surface area contributed by atoms with Gasteiger partial charge in [-0.3, -0.25) is 0 Å². The van der Waals surface area contributed by atoms with Gasteiger partial charge in [0.05, 0.1) is 0 Å². The zero-order valence-electron chi connectivity index (χ0n) is 7.22. The molecule has 2 rings (SSSR count). The van der Waals surface area contributed by atoms with Crippen LogP contribution in [0.3, 0.4) is 0 Å². The lowest BCUT2D eigenvalue weighted by Gasteiger charge is -1.96. The molecule has 2 nitrogen and oxygen atoms in total. The number of nitrogen functional groups attached to an aromatic ring is 1. The minimum absolute atomic E-state index is 0.785. The Kier molecular flexibility index (Phi) is 1.37. The average molecular weight is 161 g/mol. The van der Waals surface area contributed by atoms with Crippen molar-refractivity contribution in [3.05, 3.63) is 29.5 Å². The third-order valence-corrected chi connectivity index (χ3v) is 2.04. The van der Waals surface area contributed by atoms with E-state index in [9.17, 15) is 0 Å². The number of furan rings is 1. The topological polar surface area (TPSA) is 39.2 Å².